The Morgan fingerprint density at radius 2 is 2.21 bits per heavy atom. The van der Waals surface area contributed by atoms with Gasteiger partial charge in [0.15, 0.2) is 0 Å². The number of hydrogen-bond donors (Lipinski definition) is 2. The SMILES string of the molecule is CC(C)[C@@H](CO)Nc1cc(Br)ncn1. The molecule has 0 aliphatic heterocycles. The van der Waals surface area contributed by atoms with Gasteiger partial charge in [0, 0.05) is 6.07 Å². The van der Waals surface area contributed by atoms with Crippen LogP contribution in [0.2, 0.25) is 0 Å². The molecule has 2 N–H and O–H groups in total. The van der Waals surface area contributed by atoms with Gasteiger partial charge in [-0.15, -0.1) is 0 Å². The van der Waals surface area contributed by atoms with Gasteiger partial charge < -0.3 is 10.4 Å². The Balaban J connectivity index is 2.67. The largest absolute Gasteiger partial charge is 0.394 e. The van der Waals surface area contributed by atoms with Crippen LogP contribution < -0.4 is 5.32 Å². The van der Waals surface area contributed by atoms with Crippen molar-refractivity contribution in [2.75, 3.05) is 11.9 Å². The molecule has 1 heterocycles. The van der Waals surface area contributed by atoms with Gasteiger partial charge in [-0.2, -0.15) is 0 Å². The summed E-state index contributed by atoms with van der Waals surface area (Å²) in [7, 11) is 0. The zero-order chi connectivity index (χ0) is 10.6. The Labute approximate surface area is 91.9 Å². The summed E-state index contributed by atoms with van der Waals surface area (Å²) in [5, 5.41) is 12.2. The average Bonchev–Trinajstić information content (AvgIpc) is 2.14. The minimum Gasteiger partial charge on any atom is -0.394 e. The Kier molecular flexibility index (Phi) is 4.28. The second kappa shape index (κ2) is 5.26. The first-order valence-electron chi connectivity index (χ1n) is 4.48. The molecule has 1 atom stereocenters. The van der Waals surface area contributed by atoms with E-state index >= 15 is 0 Å². The molecule has 0 saturated carbocycles. The Bertz CT molecular complexity index is 293. The molecule has 1 aromatic rings. The first kappa shape index (κ1) is 11.4. The number of hydrogen-bond acceptors (Lipinski definition) is 4. The van der Waals surface area contributed by atoms with Gasteiger partial charge in [0.05, 0.1) is 12.6 Å². The average molecular weight is 260 g/mol. The van der Waals surface area contributed by atoms with E-state index in [-0.39, 0.29) is 12.6 Å². The molecular weight excluding hydrogens is 246 g/mol. The molecule has 0 radical (unpaired) electrons. The van der Waals surface area contributed by atoms with Crippen molar-refractivity contribution >= 4 is 21.7 Å². The van der Waals surface area contributed by atoms with Crippen LogP contribution in [0, 0.1) is 5.92 Å². The standard InChI is InChI=1S/C9H14BrN3O/c1-6(2)7(4-14)13-9-3-8(10)11-5-12-9/h3,5-7,14H,4H2,1-2H3,(H,11,12,13)/t7-/m1/s1. The summed E-state index contributed by atoms with van der Waals surface area (Å²) in [5.41, 5.74) is 0. The number of rotatable bonds is 4. The predicted molar refractivity (Wildman–Crippen MR) is 59.1 cm³/mol. The maximum atomic E-state index is 9.11. The van der Waals surface area contributed by atoms with Gasteiger partial charge in [0.1, 0.15) is 16.7 Å². The molecule has 14 heavy (non-hydrogen) atoms. The van der Waals surface area contributed by atoms with E-state index in [9.17, 15) is 0 Å². The van der Waals surface area contributed by atoms with Crippen molar-refractivity contribution in [3.05, 3.63) is 17.0 Å². The van der Waals surface area contributed by atoms with E-state index in [2.05, 4.69) is 31.2 Å². The lowest BCUT2D eigenvalue weighted by Crippen LogP contribution is -2.29. The van der Waals surface area contributed by atoms with Gasteiger partial charge >= 0.3 is 0 Å². The number of aliphatic hydroxyl groups is 1. The smallest absolute Gasteiger partial charge is 0.130 e. The first-order valence-corrected chi connectivity index (χ1v) is 5.27. The van der Waals surface area contributed by atoms with Gasteiger partial charge in [0.25, 0.3) is 0 Å². The molecule has 0 spiro atoms. The molecule has 0 unspecified atom stereocenters. The van der Waals surface area contributed by atoms with Gasteiger partial charge in [-0.25, -0.2) is 9.97 Å². The second-order valence-corrected chi connectivity index (χ2v) is 4.22. The van der Waals surface area contributed by atoms with E-state index in [4.69, 9.17) is 5.11 Å². The minimum absolute atomic E-state index is 0.0248. The molecule has 5 heteroatoms. The van der Waals surface area contributed by atoms with Crippen molar-refractivity contribution in [2.45, 2.75) is 19.9 Å². The normalized spacial score (nSPS) is 12.9. The summed E-state index contributed by atoms with van der Waals surface area (Å²) in [6.45, 7) is 4.19. The molecule has 0 bridgehead atoms. The van der Waals surface area contributed by atoms with E-state index < -0.39 is 0 Å². The number of aromatic nitrogens is 2. The third-order valence-electron chi connectivity index (χ3n) is 1.97. The summed E-state index contributed by atoms with van der Waals surface area (Å²) >= 11 is 3.26. The molecule has 0 saturated heterocycles. The second-order valence-electron chi connectivity index (χ2n) is 3.40. The molecule has 0 amide bonds. The zero-order valence-corrected chi connectivity index (χ0v) is 9.82. The summed E-state index contributed by atoms with van der Waals surface area (Å²) in [5.74, 6) is 1.08. The molecule has 0 fully saturated rings. The Morgan fingerprint density at radius 1 is 1.50 bits per heavy atom. The lowest BCUT2D eigenvalue weighted by atomic mass is 10.1. The van der Waals surface area contributed by atoms with Crippen LogP contribution >= 0.6 is 15.9 Å². The first-order chi connectivity index (χ1) is 6.63. The molecule has 0 aliphatic rings. The van der Waals surface area contributed by atoms with E-state index in [1.807, 2.05) is 13.8 Å². The Hall–Kier alpha value is -0.680. The van der Waals surface area contributed by atoms with Crippen LogP contribution in [-0.4, -0.2) is 27.7 Å². The van der Waals surface area contributed by atoms with Crippen LogP contribution in [0.15, 0.2) is 17.0 Å². The maximum Gasteiger partial charge on any atom is 0.130 e. The highest BCUT2D eigenvalue weighted by atomic mass is 79.9. The third kappa shape index (κ3) is 3.23. The maximum absolute atomic E-state index is 9.11. The predicted octanol–water partition coefficient (Wildman–Crippen LogP) is 1.67. The highest BCUT2D eigenvalue weighted by Crippen LogP contribution is 2.13. The van der Waals surface area contributed by atoms with E-state index in [0.29, 0.717) is 5.92 Å². The molecule has 4 nitrogen and oxygen atoms in total. The van der Waals surface area contributed by atoms with Crippen LogP contribution in [0.5, 0.6) is 0 Å². The van der Waals surface area contributed by atoms with Gasteiger partial charge in [-0.3, -0.25) is 0 Å². The fourth-order valence-electron chi connectivity index (χ4n) is 1.03. The number of halogens is 1. The Morgan fingerprint density at radius 3 is 2.71 bits per heavy atom. The van der Waals surface area contributed by atoms with Crippen molar-refractivity contribution in [1.29, 1.82) is 0 Å². The van der Waals surface area contributed by atoms with Crippen LogP contribution in [0.25, 0.3) is 0 Å². The molecule has 0 aliphatic carbocycles. The van der Waals surface area contributed by atoms with E-state index in [0.717, 1.165) is 10.4 Å². The van der Waals surface area contributed by atoms with Crippen molar-refractivity contribution < 1.29 is 5.11 Å². The third-order valence-corrected chi connectivity index (χ3v) is 2.40. The number of nitrogens with zero attached hydrogens (tertiary/aromatic N) is 2. The van der Waals surface area contributed by atoms with E-state index in [1.54, 1.807) is 6.07 Å². The van der Waals surface area contributed by atoms with Gasteiger partial charge in [-0.05, 0) is 21.8 Å². The molecular formula is C9H14BrN3O. The number of aliphatic hydroxyl groups excluding tert-OH is 1. The van der Waals surface area contributed by atoms with Gasteiger partial charge in [0.2, 0.25) is 0 Å². The highest BCUT2D eigenvalue weighted by molar-refractivity contribution is 9.10. The summed E-state index contributed by atoms with van der Waals surface area (Å²) < 4.78 is 0.732. The quantitative estimate of drug-likeness (QED) is 0.808. The molecule has 1 rings (SSSR count). The minimum atomic E-state index is 0.0248. The summed E-state index contributed by atoms with van der Waals surface area (Å²) in [6.07, 6.45) is 1.47. The fourth-order valence-corrected chi connectivity index (χ4v) is 1.33. The zero-order valence-electron chi connectivity index (χ0n) is 8.24. The van der Waals surface area contributed by atoms with Crippen molar-refractivity contribution in [1.82, 2.24) is 9.97 Å². The number of nitrogens with one attached hydrogen (secondary N) is 1. The molecule has 78 valence electrons. The van der Waals surface area contributed by atoms with Gasteiger partial charge in [-0.1, -0.05) is 13.8 Å². The summed E-state index contributed by atoms with van der Waals surface area (Å²) in [4.78, 5) is 7.97. The monoisotopic (exact) mass is 259 g/mol. The molecule has 1 aromatic heterocycles. The van der Waals surface area contributed by atoms with Crippen LogP contribution in [0.3, 0.4) is 0 Å². The number of anilines is 1. The van der Waals surface area contributed by atoms with Crippen LogP contribution in [0.4, 0.5) is 5.82 Å². The molecule has 0 aromatic carbocycles. The van der Waals surface area contributed by atoms with Crippen molar-refractivity contribution in [3.63, 3.8) is 0 Å². The lowest BCUT2D eigenvalue weighted by Gasteiger charge is -2.20. The topological polar surface area (TPSA) is 58.0 Å². The van der Waals surface area contributed by atoms with Crippen molar-refractivity contribution in [2.24, 2.45) is 5.92 Å². The fraction of sp³-hybridized carbons (Fsp3) is 0.556. The van der Waals surface area contributed by atoms with Crippen LogP contribution in [0.1, 0.15) is 13.8 Å². The summed E-state index contributed by atoms with van der Waals surface area (Å²) in [6, 6.07) is 1.81. The lowest BCUT2D eigenvalue weighted by molar-refractivity contribution is 0.249. The highest BCUT2D eigenvalue weighted by Gasteiger charge is 2.12. The van der Waals surface area contributed by atoms with Crippen molar-refractivity contribution in [3.8, 4) is 0 Å². The van der Waals surface area contributed by atoms with Crippen LogP contribution in [-0.2, 0) is 0 Å². The van der Waals surface area contributed by atoms with E-state index in [1.165, 1.54) is 6.33 Å².